The Morgan fingerprint density at radius 2 is 0.875 bits per heavy atom. The molecule has 0 saturated carbocycles. The van der Waals surface area contributed by atoms with Crippen LogP contribution in [0, 0.1) is 11.8 Å². The van der Waals surface area contributed by atoms with Crippen molar-refractivity contribution in [3.63, 3.8) is 0 Å². The van der Waals surface area contributed by atoms with Crippen LogP contribution in [-0.2, 0) is 38.0 Å². The highest BCUT2D eigenvalue weighted by atomic mass is 16.7. The summed E-state index contributed by atoms with van der Waals surface area (Å²) in [4.78, 5) is 25.7. The number of ether oxygens (including phenoxy) is 6. The molecule has 0 aromatic carbocycles. The van der Waals surface area contributed by atoms with E-state index in [1.807, 2.05) is 0 Å². The zero-order chi connectivity index (χ0) is 47.1. The van der Waals surface area contributed by atoms with Gasteiger partial charge in [0.25, 0.3) is 0 Å². The standard InChI is InChI=1S/C49H92O15/c1-5-35(3)27-23-19-15-11-7-9-13-17-21-25-29-40(51)59-32-37(62-41(52)30-26-22-18-14-10-8-12-16-20-24-28-36(4)6-2)33-60-48-47(58)45(56)43(54)39(64-48)34-61-49-46(57)44(55)42(53)38(31-50)63-49/h35-39,42-50,53-58H,5-34H2,1-4H3/t35?,36?,37?,38-,39-,42-,43-,44+,45+,46-,47-,48-,49-/m1/s1. The van der Waals surface area contributed by atoms with Gasteiger partial charge >= 0.3 is 11.9 Å². The minimum Gasteiger partial charge on any atom is -0.462 e. The third-order valence-corrected chi connectivity index (χ3v) is 13.2. The molecule has 15 nitrogen and oxygen atoms in total. The van der Waals surface area contributed by atoms with Gasteiger partial charge in [-0.25, -0.2) is 0 Å². The summed E-state index contributed by atoms with van der Waals surface area (Å²) >= 11 is 0. The topological polar surface area (TPSA) is 231 Å². The van der Waals surface area contributed by atoms with Gasteiger partial charge in [0, 0.05) is 12.8 Å². The Bertz CT molecular complexity index is 1160. The second-order valence-corrected chi connectivity index (χ2v) is 18.8. The number of hydrogen-bond acceptors (Lipinski definition) is 15. The molecule has 15 heteroatoms. The first kappa shape index (κ1) is 58.6. The van der Waals surface area contributed by atoms with E-state index in [4.69, 9.17) is 28.4 Å². The van der Waals surface area contributed by atoms with E-state index >= 15 is 0 Å². The van der Waals surface area contributed by atoms with Crippen molar-refractivity contribution < 1.29 is 73.8 Å². The lowest BCUT2D eigenvalue weighted by atomic mass is 9.98. The molecule has 2 aliphatic rings. The van der Waals surface area contributed by atoms with Gasteiger partial charge in [-0.05, 0) is 24.7 Å². The van der Waals surface area contributed by atoms with Crippen LogP contribution in [0.25, 0.3) is 0 Å². The van der Waals surface area contributed by atoms with E-state index in [1.165, 1.54) is 103 Å². The number of aliphatic hydroxyl groups excluding tert-OH is 7. The summed E-state index contributed by atoms with van der Waals surface area (Å²) in [6.45, 7) is 7.28. The Labute approximate surface area is 385 Å². The van der Waals surface area contributed by atoms with E-state index in [-0.39, 0.29) is 26.1 Å². The SMILES string of the molecule is CCC(C)CCCCCCCCCCCCC(=O)OCC(CO[C@@H]1O[C@H](CO[C@@H]2O[C@H](CO)[C@@H](O)[C@H](O)[C@H]2O)[C@@H](O)[C@H](O)[C@H]1O)OC(=O)CCCCCCCCCCCCC(C)CC. The third-order valence-electron chi connectivity index (χ3n) is 13.2. The number of carbonyl (C=O) groups excluding carboxylic acids is 2. The minimum absolute atomic E-state index is 0.170. The van der Waals surface area contributed by atoms with Crippen LogP contribution in [0.15, 0.2) is 0 Å². The number of esters is 2. The number of unbranched alkanes of at least 4 members (excludes halogenated alkanes) is 18. The lowest BCUT2D eigenvalue weighted by Gasteiger charge is -2.42. The predicted molar refractivity (Wildman–Crippen MR) is 243 cm³/mol. The smallest absolute Gasteiger partial charge is 0.306 e. The van der Waals surface area contributed by atoms with E-state index in [0.29, 0.717) is 12.8 Å². The molecule has 2 rings (SSSR count). The molecule has 0 aromatic heterocycles. The maximum absolute atomic E-state index is 13.0. The molecule has 0 amide bonds. The number of aliphatic hydroxyl groups is 7. The Balaban J connectivity index is 1.82. The first-order chi connectivity index (χ1) is 30.8. The average molecular weight is 921 g/mol. The van der Waals surface area contributed by atoms with E-state index in [2.05, 4.69) is 27.7 Å². The highest BCUT2D eigenvalue weighted by Crippen LogP contribution is 2.27. The molecule has 2 fully saturated rings. The molecule has 2 saturated heterocycles. The quantitative estimate of drug-likeness (QED) is 0.0258. The summed E-state index contributed by atoms with van der Waals surface area (Å²) in [5, 5.41) is 72.0. The normalized spacial score (nSPS) is 27.5. The van der Waals surface area contributed by atoms with Gasteiger partial charge in [-0.3, -0.25) is 9.59 Å². The lowest BCUT2D eigenvalue weighted by molar-refractivity contribution is -0.332. The van der Waals surface area contributed by atoms with Gasteiger partial charge in [0.05, 0.1) is 19.8 Å². The highest BCUT2D eigenvalue weighted by molar-refractivity contribution is 5.70. The summed E-state index contributed by atoms with van der Waals surface area (Å²) in [6, 6.07) is 0. The molecule has 0 radical (unpaired) electrons. The van der Waals surface area contributed by atoms with Gasteiger partial charge < -0.3 is 64.2 Å². The average Bonchev–Trinajstić information content (AvgIpc) is 3.29. The van der Waals surface area contributed by atoms with Crippen LogP contribution in [0.5, 0.6) is 0 Å². The van der Waals surface area contributed by atoms with Gasteiger partial charge in [-0.2, -0.15) is 0 Å². The van der Waals surface area contributed by atoms with Crippen LogP contribution < -0.4 is 0 Å². The van der Waals surface area contributed by atoms with Gasteiger partial charge in [0.2, 0.25) is 0 Å². The predicted octanol–water partition coefficient (Wildman–Crippen LogP) is 6.54. The molecule has 0 bridgehead atoms. The molecule has 3 unspecified atom stereocenters. The first-order valence-electron chi connectivity index (χ1n) is 25.4. The van der Waals surface area contributed by atoms with Crippen LogP contribution in [0.1, 0.15) is 195 Å². The zero-order valence-electron chi connectivity index (χ0n) is 40.1. The van der Waals surface area contributed by atoms with Crippen LogP contribution in [-0.4, -0.2) is 142 Å². The zero-order valence-corrected chi connectivity index (χ0v) is 40.1. The summed E-state index contributed by atoms with van der Waals surface area (Å²) in [5.41, 5.74) is 0. The monoisotopic (exact) mass is 921 g/mol. The molecule has 378 valence electrons. The van der Waals surface area contributed by atoms with E-state index in [9.17, 15) is 45.3 Å². The van der Waals surface area contributed by atoms with Crippen molar-refractivity contribution in [3.05, 3.63) is 0 Å². The fourth-order valence-corrected chi connectivity index (χ4v) is 8.17. The molecule has 2 aliphatic heterocycles. The van der Waals surface area contributed by atoms with Crippen molar-refractivity contribution in [3.8, 4) is 0 Å². The van der Waals surface area contributed by atoms with E-state index in [0.717, 1.165) is 50.4 Å². The van der Waals surface area contributed by atoms with E-state index < -0.39 is 92.7 Å². The lowest BCUT2D eigenvalue weighted by Crippen LogP contribution is -2.61. The second-order valence-electron chi connectivity index (χ2n) is 18.8. The summed E-state index contributed by atoms with van der Waals surface area (Å²) < 4.78 is 33.6. The van der Waals surface area contributed by atoms with Gasteiger partial charge in [0.15, 0.2) is 18.7 Å². The largest absolute Gasteiger partial charge is 0.462 e. The molecule has 7 N–H and O–H groups in total. The number of rotatable bonds is 38. The second kappa shape index (κ2) is 35.6. The summed E-state index contributed by atoms with van der Waals surface area (Å²) in [6.07, 6.45) is 11.4. The van der Waals surface area contributed by atoms with Gasteiger partial charge in [0.1, 0.15) is 55.4 Å². The van der Waals surface area contributed by atoms with Crippen LogP contribution in [0.2, 0.25) is 0 Å². The van der Waals surface area contributed by atoms with Crippen molar-refractivity contribution in [2.24, 2.45) is 11.8 Å². The first-order valence-corrected chi connectivity index (χ1v) is 25.4. The Kier molecular flexibility index (Phi) is 32.6. The van der Waals surface area contributed by atoms with Gasteiger partial charge in [-0.15, -0.1) is 0 Å². The van der Waals surface area contributed by atoms with Crippen LogP contribution in [0.4, 0.5) is 0 Å². The highest BCUT2D eigenvalue weighted by Gasteiger charge is 2.47. The van der Waals surface area contributed by atoms with Crippen LogP contribution in [0.3, 0.4) is 0 Å². The molecule has 13 atom stereocenters. The number of carbonyl (C=O) groups is 2. The van der Waals surface area contributed by atoms with Crippen molar-refractivity contribution >= 4 is 11.9 Å². The maximum atomic E-state index is 13.0. The Morgan fingerprint density at radius 3 is 1.33 bits per heavy atom. The molecule has 0 spiro atoms. The fraction of sp³-hybridized carbons (Fsp3) is 0.959. The fourth-order valence-electron chi connectivity index (χ4n) is 8.17. The van der Waals surface area contributed by atoms with Crippen molar-refractivity contribution in [1.29, 1.82) is 0 Å². The molecular formula is C49H92O15. The van der Waals surface area contributed by atoms with Crippen molar-refractivity contribution in [2.75, 3.05) is 26.4 Å². The summed E-state index contributed by atoms with van der Waals surface area (Å²) in [5.74, 6) is 0.726. The summed E-state index contributed by atoms with van der Waals surface area (Å²) in [7, 11) is 0. The third kappa shape index (κ3) is 24.5. The Morgan fingerprint density at radius 1 is 0.484 bits per heavy atom. The number of hydrogen-bond donors (Lipinski definition) is 7. The van der Waals surface area contributed by atoms with E-state index in [1.54, 1.807) is 0 Å². The minimum atomic E-state index is -1.76. The van der Waals surface area contributed by atoms with Crippen molar-refractivity contribution in [2.45, 2.75) is 262 Å². The Hall–Kier alpha value is -1.50. The van der Waals surface area contributed by atoms with Crippen molar-refractivity contribution in [1.82, 2.24) is 0 Å². The molecular weight excluding hydrogens is 829 g/mol. The maximum Gasteiger partial charge on any atom is 0.306 e. The van der Waals surface area contributed by atoms with Gasteiger partial charge in [-0.1, -0.05) is 169 Å². The molecule has 64 heavy (non-hydrogen) atoms. The molecule has 0 aromatic rings. The van der Waals surface area contributed by atoms with Crippen LogP contribution >= 0.6 is 0 Å². The molecule has 0 aliphatic carbocycles. The molecule has 2 heterocycles.